The lowest BCUT2D eigenvalue weighted by atomic mass is 10.0. The number of likely N-dealkylation sites (tertiary alicyclic amines) is 1. The molecule has 2 aromatic rings. The molecule has 0 bridgehead atoms. The van der Waals surface area contributed by atoms with E-state index in [1.165, 1.54) is 37.1 Å². The van der Waals surface area contributed by atoms with Crippen molar-refractivity contribution in [2.45, 2.75) is 43.7 Å². The van der Waals surface area contributed by atoms with E-state index in [1.807, 2.05) is 0 Å². The van der Waals surface area contributed by atoms with Crippen LogP contribution in [0.15, 0.2) is 41.3 Å². The number of nitrogens with one attached hydrogen (secondary N) is 1. The molecule has 1 saturated heterocycles. The van der Waals surface area contributed by atoms with Crippen molar-refractivity contribution in [1.29, 1.82) is 0 Å². The molecular weight excluding hydrogens is 377 g/mol. The zero-order valence-electron chi connectivity index (χ0n) is 14.5. The Balaban J connectivity index is 1.77. The first-order chi connectivity index (χ1) is 12.3. The van der Waals surface area contributed by atoms with Crippen LogP contribution in [0, 0.1) is 5.95 Å². The molecule has 0 spiro atoms. The summed E-state index contributed by atoms with van der Waals surface area (Å²) in [5.74, 6) is -0.832. The smallest absolute Gasteiger partial charge is 0.263 e. The molecule has 8 heteroatoms. The second-order valence-corrected chi connectivity index (χ2v) is 8.61. The first kappa shape index (κ1) is 19.1. The van der Waals surface area contributed by atoms with Gasteiger partial charge in [-0.15, -0.1) is 0 Å². The van der Waals surface area contributed by atoms with Crippen molar-refractivity contribution in [1.82, 2.24) is 9.88 Å². The highest BCUT2D eigenvalue weighted by atomic mass is 35.5. The van der Waals surface area contributed by atoms with Crippen molar-refractivity contribution in [2.24, 2.45) is 0 Å². The van der Waals surface area contributed by atoms with Crippen LogP contribution in [0.4, 0.5) is 10.2 Å². The Morgan fingerprint density at radius 2 is 2.12 bits per heavy atom. The molecule has 1 N–H and O–H groups in total. The van der Waals surface area contributed by atoms with Crippen LogP contribution in [-0.2, 0) is 16.6 Å². The van der Waals surface area contributed by atoms with Gasteiger partial charge in [0.05, 0.1) is 4.90 Å². The molecule has 1 aliphatic heterocycles. The number of pyridine rings is 1. The van der Waals surface area contributed by atoms with Crippen LogP contribution in [0.5, 0.6) is 0 Å². The number of hydrogen-bond acceptors (Lipinski definition) is 4. The minimum absolute atomic E-state index is 0.0176. The third kappa shape index (κ3) is 4.52. The summed E-state index contributed by atoms with van der Waals surface area (Å²) >= 11 is 6.34. The molecule has 1 fully saturated rings. The van der Waals surface area contributed by atoms with Crippen molar-refractivity contribution >= 4 is 27.4 Å². The maximum atomic E-state index is 13.1. The molecule has 0 radical (unpaired) electrons. The first-order valence-corrected chi connectivity index (χ1v) is 10.4. The quantitative estimate of drug-likeness (QED) is 0.773. The van der Waals surface area contributed by atoms with Crippen LogP contribution >= 0.6 is 11.6 Å². The summed E-state index contributed by atoms with van der Waals surface area (Å²) in [6.07, 6.45) is 3.57. The number of anilines is 1. The van der Waals surface area contributed by atoms with Gasteiger partial charge in [-0.05, 0) is 56.1 Å². The van der Waals surface area contributed by atoms with E-state index in [0.29, 0.717) is 17.6 Å². The van der Waals surface area contributed by atoms with Crippen molar-refractivity contribution in [3.63, 3.8) is 0 Å². The van der Waals surface area contributed by atoms with E-state index in [-0.39, 0.29) is 10.7 Å². The summed E-state index contributed by atoms with van der Waals surface area (Å²) in [6.45, 7) is 3.91. The van der Waals surface area contributed by atoms with E-state index in [9.17, 15) is 12.8 Å². The fourth-order valence-electron chi connectivity index (χ4n) is 3.10. The predicted molar refractivity (Wildman–Crippen MR) is 100 cm³/mol. The minimum Gasteiger partial charge on any atom is -0.296 e. The first-order valence-electron chi connectivity index (χ1n) is 8.53. The van der Waals surface area contributed by atoms with Gasteiger partial charge in [-0.25, -0.2) is 13.4 Å². The number of aromatic nitrogens is 1. The van der Waals surface area contributed by atoms with Gasteiger partial charge >= 0.3 is 0 Å². The standard InChI is InChI=1S/C18H21ClFN3O2S/c1-13-5-2-3-10-23(13)12-14-8-9-15(11-16(14)19)26(24,25)22-18-7-4-6-17(20)21-18/h4,6-9,11,13H,2-3,5,10,12H2,1H3,(H,21,22)/t13-/m1/s1. The lowest BCUT2D eigenvalue weighted by Crippen LogP contribution is -2.36. The van der Waals surface area contributed by atoms with E-state index in [4.69, 9.17) is 11.6 Å². The Morgan fingerprint density at radius 3 is 2.81 bits per heavy atom. The van der Waals surface area contributed by atoms with E-state index in [2.05, 4.69) is 21.5 Å². The molecule has 140 valence electrons. The molecule has 0 saturated carbocycles. The number of rotatable bonds is 5. The Kier molecular flexibility index (Phi) is 5.79. The molecule has 0 aliphatic carbocycles. The molecule has 1 aromatic heterocycles. The minimum atomic E-state index is -3.89. The lowest BCUT2D eigenvalue weighted by Gasteiger charge is -2.33. The van der Waals surface area contributed by atoms with Crippen LogP contribution < -0.4 is 4.72 Å². The summed E-state index contributed by atoms with van der Waals surface area (Å²) in [4.78, 5) is 5.89. The molecule has 0 unspecified atom stereocenters. The van der Waals surface area contributed by atoms with Crippen molar-refractivity contribution < 1.29 is 12.8 Å². The third-order valence-corrected chi connectivity index (χ3v) is 6.31. The number of hydrogen-bond donors (Lipinski definition) is 1. The fourth-order valence-corrected chi connectivity index (χ4v) is 4.43. The predicted octanol–water partition coefficient (Wildman–Crippen LogP) is 4.05. The van der Waals surface area contributed by atoms with Gasteiger partial charge in [0.1, 0.15) is 5.82 Å². The lowest BCUT2D eigenvalue weighted by molar-refractivity contribution is 0.152. The van der Waals surface area contributed by atoms with Crippen LogP contribution in [0.25, 0.3) is 0 Å². The van der Waals surface area contributed by atoms with Crippen LogP contribution in [0.3, 0.4) is 0 Å². The van der Waals surface area contributed by atoms with Gasteiger partial charge in [0.15, 0.2) is 0 Å². The Hall–Kier alpha value is -1.70. The monoisotopic (exact) mass is 397 g/mol. The molecule has 1 atom stereocenters. The van der Waals surface area contributed by atoms with E-state index >= 15 is 0 Å². The highest BCUT2D eigenvalue weighted by Gasteiger charge is 2.21. The SMILES string of the molecule is C[C@@H]1CCCCN1Cc1ccc(S(=O)(=O)Nc2cccc(F)n2)cc1Cl. The van der Waals surface area contributed by atoms with Crippen molar-refractivity contribution in [3.8, 4) is 0 Å². The summed E-state index contributed by atoms with van der Waals surface area (Å²) in [5, 5.41) is 0.401. The van der Waals surface area contributed by atoms with Crippen molar-refractivity contribution in [2.75, 3.05) is 11.3 Å². The normalized spacial score (nSPS) is 18.7. The second-order valence-electron chi connectivity index (χ2n) is 6.52. The van der Waals surface area contributed by atoms with Gasteiger partial charge in [-0.2, -0.15) is 4.39 Å². The molecule has 2 heterocycles. The molecule has 0 amide bonds. The summed E-state index contributed by atoms with van der Waals surface area (Å²) in [5.41, 5.74) is 0.892. The maximum Gasteiger partial charge on any atom is 0.263 e. The number of halogens is 2. The molecule has 1 aromatic carbocycles. The zero-order valence-corrected chi connectivity index (χ0v) is 16.0. The van der Waals surface area contributed by atoms with E-state index in [1.54, 1.807) is 6.07 Å². The van der Waals surface area contributed by atoms with Gasteiger partial charge in [0.25, 0.3) is 10.0 Å². The second kappa shape index (κ2) is 7.90. The Labute approximate surface area is 158 Å². The number of nitrogens with zero attached hydrogens (tertiary/aromatic N) is 2. The number of sulfonamides is 1. The maximum absolute atomic E-state index is 13.1. The highest BCUT2D eigenvalue weighted by Crippen LogP contribution is 2.26. The number of piperidine rings is 1. The van der Waals surface area contributed by atoms with Gasteiger partial charge in [0.2, 0.25) is 5.95 Å². The van der Waals surface area contributed by atoms with Crippen LogP contribution in [-0.4, -0.2) is 30.9 Å². The van der Waals surface area contributed by atoms with Gasteiger partial charge < -0.3 is 0 Å². The highest BCUT2D eigenvalue weighted by molar-refractivity contribution is 7.92. The Bertz CT molecular complexity index is 892. The summed E-state index contributed by atoms with van der Waals surface area (Å²) in [7, 11) is -3.89. The summed E-state index contributed by atoms with van der Waals surface area (Å²) in [6, 6.07) is 9.07. The molecular formula is C18H21ClFN3O2S. The van der Waals surface area contributed by atoms with Gasteiger partial charge in [-0.1, -0.05) is 30.2 Å². The average Bonchev–Trinajstić information content (AvgIpc) is 2.58. The average molecular weight is 398 g/mol. The van der Waals surface area contributed by atoms with Gasteiger partial charge in [0, 0.05) is 17.6 Å². The third-order valence-electron chi connectivity index (χ3n) is 4.60. The van der Waals surface area contributed by atoms with Crippen LogP contribution in [0.1, 0.15) is 31.7 Å². The molecule has 1 aliphatic rings. The Morgan fingerprint density at radius 1 is 1.31 bits per heavy atom. The number of benzene rings is 1. The van der Waals surface area contributed by atoms with E-state index in [0.717, 1.165) is 24.6 Å². The zero-order chi connectivity index (χ0) is 18.7. The van der Waals surface area contributed by atoms with E-state index < -0.39 is 16.0 Å². The topological polar surface area (TPSA) is 62.3 Å². The van der Waals surface area contributed by atoms with Gasteiger partial charge in [-0.3, -0.25) is 9.62 Å². The molecule has 3 rings (SSSR count). The molecule has 26 heavy (non-hydrogen) atoms. The molecule has 5 nitrogen and oxygen atoms in total. The largest absolute Gasteiger partial charge is 0.296 e. The summed E-state index contributed by atoms with van der Waals surface area (Å²) < 4.78 is 40.4. The van der Waals surface area contributed by atoms with Crippen molar-refractivity contribution in [3.05, 3.63) is 52.9 Å². The van der Waals surface area contributed by atoms with Crippen LogP contribution in [0.2, 0.25) is 5.02 Å². The fraction of sp³-hybridized carbons (Fsp3) is 0.389.